The monoisotopic (exact) mass is 222 g/mol. The Labute approximate surface area is 94.2 Å². The highest BCUT2D eigenvalue weighted by Crippen LogP contribution is 2.04. The van der Waals surface area contributed by atoms with E-state index < -0.39 is 11.9 Å². The molecular weight excluding hydrogens is 208 g/mol. The lowest BCUT2D eigenvalue weighted by atomic mass is 10.2. The highest BCUT2D eigenvalue weighted by atomic mass is 16.5. The molecule has 0 saturated heterocycles. The minimum absolute atomic E-state index is 0.0282. The van der Waals surface area contributed by atoms with Crippen LogP contribution in [-0.4, -0.2) is 25.7 Å². The summed E-state index contributed by atoms with van der Waals surface area (Å²) in [4.78, 5) is 22.5. The quantitative estimate of drug-likeness (QED) is 0.727. The van der Waals surface area contributed by atoms with E-state index in [9.17, 15) is 9.59 Å². The van der Waals surface area contributed by atoms with Gasteiger partial charge in [-0.1, -0.05) is 18.2 Å². The van der Waals surface area contributed by atoms with Crippen molar-refractivity contribution in [2.24, 2.45) is 5.92 Å². The first-order chi connectivity index (χ1) is 7.65. The fourth-order valence-corrected chi connectivity index (χ4v) is 1.13. The van der Waals surface area contributed by atoms with Crippen LogP contribution in [0.4, 0.5) is 0 Å². The van der Waals surface area contributed by atoms with Crippen LogP contribution in [0.2, 0.25) is 0 Å². The van der Waals surface area contributed by atoms with E-state index >= 15 is 0 Å². The second kappa shape index (κ2) is 5.90. The van der Waals surface area contributed by atoms with Gasteiger partial charge in [-0.2, -0.15) is 0 Å². The van der Waals surface area contributed by atoms with E-state index in [0.29, 0.717) is 5.56 Å². The van der Waals surface area contributed by atoms with E-state index in [1.54, 1.807) is 31.2 Å². The van der Waals surface area contributed by atoms with Gasteiger partial charge in [0.15, 0.2) is 0 Å². The number of hydrogen-bond acceptors (Lipinski definition) is 4. The van der Waals surface area contributed by atoms with Crippen molar-refractivity contribution in [1.82, 2.24) is 0 Å². The molecule has 1 aromatic rings. The fourth-order valence-electron chi connectivity index (χ4n) is 1.13. The van der Waals surface area contributed by atoms with Crippen LogP contribution in [0.15, 0.2) is 30.3 Å². The van der Waals surface area contributed by atoms with Crippen LogP contribution in [0.3, 0.4) is 0 Å². The number of ether oxygens (including phenoxy) is 2. The van der Waals surface area contributed by atoms with Crippen molar-refractivity contribution in [3.05, 3.63) is 35.9 Å². The van der Waals surface area contributed by atoms with Crippen molar-refractivity contribution >= 4 is 11.9 Å². The van der Waals surface area contributed by atoms with Crippen molar-refractivity contribution < 1.29 is 19.1 Å². The number of benzene rings is 1. The molecule has 0 heterocycles. The molecule has 0 aliphatic heterocycles. The summed E-state index contributed by atoms with van der Waals surface area (Å²) >= 11 is 0. The molecule has 0 radical (unpaired) electrons. The van der Waals surface area contributed by atoms with Gasteiger partial charge in [-0.15, -0.1) is 0 Å². The summed E-state index contributed by atoms with van der Waals surface area (Å²) in [7, 11) is 1.30. The van der Waals surface area contributed by atoms with Crippen molar-refractivity contribution in [3.8, 4) is 0 Å². The lowest BCUT2D eigenvalue weighted by molar-refractivity contribution is -0.146. The molecule has 0 spiro atoms. The number of rotatable bonds is 4. The topological polar surface area (TPSA) is 52.6 Å². The molecule has 1 atom stereocenters. The zero-order chi connectivity index (χ0) is 12.0. The van der Waals surface area contributed by atoms with Gasteiger partial charge in [0.2, 0.25) is 0 Å². The lowest BCUT2D eigenvalue weighted by Crippen LogP contribution is -2.20. The summed E-state index contributed by atoms with van der Waals surface area (Å²) in [6, 6.07) is 8.63. The Kier molecular flexibility index (Phi) is 4.51. The van der Waals surface area contributed by atoms with Gasteiger partial charge in [-0.05, 0) is 19.1 Å². The van der Waals surface area contributed by atoms with Crippen LogP contribution >= 0.6 is 0 Å². The minimum Gasteiger partial charge on any atom is -0.469 e. The van der Waals surface area contributed by atoms with Gasteiger partial charge >= 0.3 is 11.9 Å². The summed E-state index contributed by atoms with van der Waals surface area (Å²) in [5, 5.41) is 0. The lowest BCUT2D eigenvalue weighted by Gasteiger charge is -2.09. The fraction of sp³-hybridized carbons (Fsp3) is 0.333. The van der Waals surface area contributed by atoms with E-state index in [4.69, 9.17) is 4.74 Å². The molecule has 0 aromatic heterocycles. The van der Waals surface area contributed by atoms with Crippen LogP contribution in [0.25, 0.3) is 0 Å². The van der Waals surface area contributed by atoms with E-state index in [1.807, 2.05) is 6.07 Å². The van der Waals surface area contributed by atoms with Gasteiger partial charge in [0.25, 0.3) is 0 Å². The Balaban J connectivity index is 2.45. The second-order valence-corrected chi connectivity index (χ2v) is 3.39. The first-order valence-electron chi connectivity index (χ1n) is 4.95. The largest absolute Gasteiger partial charge is 0.469 e. The van der Waals surface area contributed by atoms with E-state index in [2.05, 4.69) is 4.74 Å². The Morgan fingerprint density at radius 1 is 1.25 bits per heavy atom. The first kappa shape index (κ1) is 12.2. The number of esters is 2. The number of hydrogen-bond donors (Lipinski definition) is 0. The third kappa shape index (κ3) is 3.38. The van der Waals surface area contributed by atoms with Gasteiger partial charge in [0.1, 0.15) is 6.61 Å². The average Bonchev–Trinajstić information content (AvgIpc) is 2.35. The normalized spacial score (nSPS) is 11.6. The third-order valence-corrected chi connectivity index (χ3v) is 2.08. The maximum Gasteiger partial charge on any atom is 0.338 e. The molecule has 4 nitrogen and oxygen atoms in total. The summed E-state index contributed by atoms with van der Waals surface area (Å²) in [5.41, 5.74) is 0.472. The van der Waals surface area contributed by atoms with Crippen LogP contribution < -0.4 is 0 Å². The van der Waals surface area contributed by atoms with E-state index in [-0.39, 0.29) is 12.6 Å². The summed E-state index contributed by atoms with van der Waals surface area (Å²) in [6.45, 7) is 1.67. The van der Waals surface area contributed by atoms with Gasteiger partial charge in [0, 0.05) is 0 Å². The van der Waals surface area contributed by atoms with Crippen molar-refractivity contribution in [2.75, 3.05) is 13.7 Å². The smallest absolute Gasteiger partial charge is 0.338 e. The van der Waals surface area contributed by atoms with Gasteiger partial charge in [-0.3, -0.25) is 4.79 Å². The van der Waals surface area contributed by atoms with E-state index in [0.717, 1.165) is 0 Å². The summed E-state index contributed by atoms with van der Waals surface area (Å²) in [5.74, 6) is -1.27. The Morgan fingerprint density at radius 2 is 1.88 bits per heavy atom. The number of carbonyl (C=O) groups excluding carboxylic acids is 2. The Hall–Kier alpha value is -1.84. The predicted molar refractivity (Wildman–Crippen MR) is 57.9 cm³/mol. The number of methoxy groups -OCH3 is 1. The molecule has 1 aromatic carbocycles. The molecule has 4 heteroatoms. The Morgan fingerprint density at radius 3 is 2.44 bits per heavy atom. The van der Waals surface area contributed by atoms with Gasteiger partial charge < -0.3 is 9.47 Å². The predicted octanol–water partition coefficient (Wildman–Crippen LogP) is 1.65. The molecule has 0 aliphatic carbocycles. The third-order valence-electron chi connectivity index (χ3n) is 2.08. The standard InChI is InChI=1S/C12H14O4/c1-9(11(13)15-2)8-16-12(14)10-6-4-3-5-7-10/h3-7,9H,8H2,1-2H3. The summed E-state index contributed by atoms with van der Waals surface area (Å²) in [6.07, 6.45) is 0. The second-order valence-electron chi connectivity index (χ2n) is 3.39. The van der Waals surface area contributed by atoms with Crippen LogP contribution in [0.1, 0.15) is 17.3 Å². The SMILES string of the molecule is COC(=O)C(C)COC(=O)c1ccccc1. The zero-order valence-corrected chi connectivity index (χ0v) is 9.30. The molecule has 1 rings (SSSR count). The average molecular weight is 222 g/mol. The molecule has 0 aliphatic rings. The highest BCUT2D eigenvalue weighted by Gasteiger charge is 2.16. The van der Waals surface area contributed by atoms with Crippen molar-refractivity contribution in [2.45, 2.75) is 6.92 Å². The molecule has 1 unspecified atom stereocenters. The maximum absolute atomic E-state index is 11.5. The van der Waals surface area contributed by atoms with Crippen LogP contribution in [-0.2, 0) is 14.3 Å². The number of carbonyl (C=O) groups is 2. The minimum atomic E-state index is -0.447. The van der Waals surface area contributed by atoms with Gasteiger partial charge in [-0.25, -0.2) is 4.79 Å². The zero-order valence-electron chi connectivity index (χ0n) is 9.30. The Bertz CT molecular complexity index is 359. The molecule has 0 bridgehead atoms. The molecule has 0 N–H and O–H groups in total. The first-order valence-corrected chi connectivity index (χ1v) is 4.95. The maximum atomic E-state index is 11.5. The van der Waals surface area contributed by atoms with Gasteiger partial charge in [0.05, 0.1) is 18.6 Å². The van der Waals surface area contributed by atoms with Crippen molar-refractivity contribution in [1.29, 1.82) is 0 Å². The molecule has 86 valence electrons. The molecule has 0 saturated carbocycles. The summed E-state index contributed by atoms with van der Waals surface area (Å²) < 4.78 is 9.49. The van der Waals surface area contributed by atoms with Crippen LogP contribution in [0, 0.1) is 5.92 Å². The van der Waals surface area contributed by atoms with E-state index in [1.165, 1.54) is 7.11 Å². The molecule has 16 heavy (non-hydrogen) atoms. The molecule has 0 amide bonds. The molecular formula is C12H14O4. The highest BCUT2D eigenvalue weighted by molar-refractivity contribution is 5.89. The van der Waals surface area contributed by atoms with Crippen molar-refractivity contribution in [3.63, 3.8) is 0 Å². The van der Waals surface area contributed by atoms with Crippen LogP contribution in [0.5, 0.6) is 0 Å². The molecule has 0 fully saturated rings.